The number of hydrogen-bond donors (Lipinski definition) is 2. The number of hydrogen-bond acceptors (Lipinski definition) is 7. The second kappa shape index (κ2) is 12.3. The van der Waals surface area contributed by atoms with Crippen LogP contribution in [-0.4, -0.2) is 78.0 Å². The van der Waals surface area contributed by atoms with Crippen LogP contribution in [0, 0.1) is 0 Å². The number of nitrogens with one attached hydrogen (secondary N) is 1. The monoisotopic (exact) mass is 504 g/mol. The van der Waals surface area contributed by atoms with Crippen molar-refractivity contribution in [1.29, 1.82) is 0 Å². The zero-order valence-corrected chi connectivity index (χ0v) is 20.9. The molecule has 0 radical (unpaired) electrons. The van der Waals surface area contributed by atoms with Crippen LogP contribution >= 0.6 is 0 Å². The maximum atomic E-state index is 12.5. The van der Waals surface area contributed by atoms with Gasteiger partial charge in [-0.25, -0.2) is 9.48 Å². The molecule has 0 saturated carbocycles. The van der Waals surface area contributed by atoms with Gasteiger partial charge < -0.3 is 20.3 Å². The summed E-state index contributed by atoms with van der Waals surface area (Å²) in [7, 11) is 2.12. The number of anilines is 1. The predicted molar refractivity (Wildman–Crippen MR) is 142 cm³/mol. The molecule has 0 bridgehead atoms. The number of ether oxygens (including phenoxy) is 1. The Morgan fingerprint density at radius 3 is 2.59 bits per heavy atom. The van der Waals surface area contributed by atoms with Gasteiger partial charge in [0.15, 0.2) is 0 Å². The number of carbonyl (C=O) groups is 2. The largest absolute Gasteiger partial charge is 0.449 e. The minimum atomic E-state index is -0.534. The molecule has 1 aliphatic rings. The van der Waals surface area contributed by atoms with Crippen LogP contribution in [0.1, 0.15) is 22.3 Å². The summed E-state index contributed by atoms with van der Waals surface area (Å²) in [5.41, 5.74) is 8.04. The standard InChI is InChI=1S/C27H32N6O4/c1-31-12-14-32(15-13-31)11-4-16-37-27(36)29-23-8-2-5-20(17-23)19-33-25(34)10-9-24(30-33)21-6-3-7-22(18-21)26(28)35/h2-3,5-10,17-18H,4,11-16,19H2,1H3,(H2,28,35)(H,29,36). The Morgan fingerprint density at radius 2 is 1.81 bits per heavy atom. The van der Waals surface area contributed by atoms with E-state index in [4.69, 9.17) is 10.5 Å². The maximum Gasteiger partial charge on any atom is 0.411 e. The molecule has 1 aromatic heterocycles. The van der Waals surface area contributed by atoms with Gasteiger partial charge in [-0.1, -0.05) is 24.3 Å². The Morgan fingerprint density at radius 1 is 1.03 bits per heavy atom. The van der Waals surface area contributed by atoms with E-state index in [1.165, 1.54) is 10.7 Å². The SMILES string of the molecule is CN1CCN(CCCOC(=O)Nc2cccc(Cn3nc(-c4cccc(C(N)=O)c4)ccc3=O)c2)CC1. The number of amides is 2. The number of benzene rings is 2. The van der Waals surface area contributed by atoms with Gasteiger partial charge in [-0.2, -0.15) is 5.10 Å². The molecule has 2 amide bonds. The first kappa shape index (κ1) is 26.1. The number of carbonyl (C=O) groups excluding carboxylic acids is 2. The highest BCUT2D eigenvalue weighted by Crippen LogP contribution is 2.18. The average molecular weight is 505 g/mol. The number of rotatable bonds is 9. The lowest BCUT2D eigenvalue weighted by atomic mass is 10.1. The number of nitrogens with zero attached hydrogens (tertiary/aromatic N) is 4. The number of primary amides is 1. The molecule has 3 aromatic rings. The van der Waals surface area contributed by atoms with E-state index in [0.29, 0.717) is 29.1 Å². The molecule has 10 nitrogen and oxygen atoms in total. The van der Waals surface area contributed by atoms with E-state index in [2.05, 4.69) is 27.3 Å². The summed E-state index contributed by atoms with van der Waals surface area (Å²) in [6.07, 6.45) is 0.270. The third kappa shape index (κ3) is 7.48. The lowest BCUT2D eigenvalue weighted by molar-refractivity contribution is 0.1000. The van der Waals surface area contributed by atoms with Gasteiger partial charge >= 0.3 is 6.09 Å². The molecule has 10 heteroatoms. The second-order valence-corrected chi connectivity index (χ2v) is 9.12. The molecule has 37 heavy (non-hydrogen) atoms. The summed E-state index contributed by atoms with van der Waals surface area (Å²) in [6.45, 7) is 5.66. The topological polar surface area (TPSA) is 123 Å². The van der Waals surface area contributed by atoms with Crippen LogP contribution in [0.2, 0.25) is 0 Å². The van der Waals surface area contributed by atoms with Gasteiger partial charge in [-0.3, -0.25) is 14.9 Å². The van der Waals surface area contributed by atoms with Crippen molar-refractivity contribution in [2.45, 2.75) is 13.0 Å². The van der Waals surface area contributed by atoms with Crippen molar-refractivity contribution >= 4 is 17.7 Å². The summed E-state index contributed by atoms with van der Waals surface area (Å²) in [6, 6.07) is 17.0. The van der Waals surface area contributed by atoms with Crippen molar-refractivity contribution < 1.29 is 14.3 Å². The summed E-state index contributed by atoms with van der Waals surface area (Å²) < 4.78 is 6.67. The van der Waals surface area contributed by atoms with Crippen LogP contribution < -0.4 is 16.6 Å². The Bertz CT molecular complexity index is 1300. The van der Waals surface area contributed by atoms with E-state index in [1.807, 2.05) is 6.07 Å². The lowest BCUT2D eigenvalue weighted by Crippen LogP contribution is -2.44. The fourth-order valence-corrected chi connectivity index (χ4v) is 4.15. The van der Waals surface area contributed by atoms with Crippen LogP contribution in [0.3, 0.4) is 0 Å². The molecule has 1 saturated heterocycles. The highest BCUT2D eigenvalue weighted by molar-refractivity contribution is 5.94. The molecular formula is C27H32N6O4. The van der Waals surface area contributed by atoms with Gasteiger partial charge in [0.05, 0.1) is 18.8 Å². The zero-order chi connectivity index (χ0) is 26.2. The Hall–Kier alpha value is -4.02. The van der Waals surface area contributed by atoms with Crippen LogP contribution in [0.4, 0.5) is 10.5 Å². The van der Waals surface area contributed by atoms with Gasteiger partial charge in [0.25, 0.3) is 5.56 Å². The molecular weight excluding hydrogens is 472 g/mol. The lowest BCUT2D eigenvalue weighted by Gasteiger charge is -2.32. The number of likely N-dealkylation sites (N-methyl/N-ethyl adjacent to an activating group) is 1. The number of aromatic nitrogens is 2. The molecule has 194 valence electrons. The molecule has 0 aliphatic carbocycles. The third-order valence-corrected chi connectivity index (χ3v) is 6.26. The van der Waals surface area contributed by atoms with Crippen molar-refractivity contribution in [1.82, 2.24) is 19.6 Å². The summed E-state index contributed by atoms with van der Waals surface area (Å²) in [5.74, 6) is -0.534. The first-order valence-electron chi connectivity index (χ1n) is 12.3. The summed E-state index contributed by atoms with van der Waals surface area (Å²) >= 11 is 0. The fourth-order valence-electron chi connectivity index (χ4n) is 4.15. The Balaban J connectivity index is 1.33. The van der Waals surface area contributed by atoms with Crippen LogP contribution in [0.5, 0.6) is 0 Å². The quantitative estimate of drug-likeness (QED) is 0.429. The van der Waals surface area contributed by atoms with E-state index < -0.39 is 12.0 Å². The second-order valence-electron chi connectivity index (χ2n) is 9.12. The van der Waals surface area contributed by atoms with Gasteiger partial charge in [0, 0.05) is 55.6 Å². The fraction of sp³-hybridized carbons (Fsp3) is 0.333. The summed E-state index contributed by atoms with van der Waals surface area (Å²) in [4.78, 5) is 40.9. The molecule has 0 spiro atoms. The highest BCUT2D eigenvalue weighted by atomic mass is 16.5. The van der Waals surface area contributed by atoms with E-state index in [9.17, 15) is 14.4 Å². The van der Waals surface area contributed by atoms with Crippen LogP contribution in [0.15, 0.2) is 65.5 Å². The Labute approximate surface area is 215 Å². The maximum absolute atomic E-state index is 12.5. The van der Waals surface area contributed by atoms with E-state index in [1.54, 1.807) is 48.5 Å². The molecule has 0 atom stereocenters. The minimum Gasteiger partial charge on any atom is -0.449 e. The molecule has 2 heterocycles. The molecule has 4 rings (SSSR count). The molecule has 2 aromatic carbocycles. The van der Waals surface area contributed by atoms with Gasteiger partial charge in [0.2, 0.25) is 5.91 Å². The van der Waals surface area contributed by atoms with Gasteiger partial charge in [-0.05, 0) is 49.4 Å². The van der Waals surface area contributed by atoms with Crippen molar-refractivity contribution in [2.24, 2.45) is 5.73 Å². The van der Waals surface area contributed by atoms with E-state index >= 15 is 0 Å². The molecule has 1 fully saturated rings. The van der Waals surface area contributed by atoms with Crippen molar-refractivity contribution in [2.75, 3.05) is 51.7 Å². The van der Waals surface area contributed by atoms with Gasteiger partial charge in [0.1, 0.15) is 0 Å². The molecule has 1 aliphatic heterocycles. The number of nitrogens with two attached hydrogens (primary N) is 1. The normalized spacial score (nSPS) is 14.3. The summed E-state index contributed by atoms with van der Waals surface area (Å²) in [5, 5.41) is 7.20. The van der Waals surface area contributed by atoms with Crippen molar-refractivity contribution in [3.63, 3.8) is 0 Å². The van der Waals surface area contributed by atoms with Crippen LogP contribution in [-0.2, 0) is 11.3 Å². The first-order chi connectivity index (χ1) is 17.9. The Kier molecular flexibility index (Phi) is 8.65. The zero-order valence-electron chi connectivity index (χ0n) is 20.9. The first-order valence-corrected chi connectivity index (χ1v) is 12.3. The van der Waals surface area contributed by atoms with Gasteiger partial charge in [-0.15, -0.1) is 0 Å². The average Bonchev–Trinajstić information content (AvgIpc) is 2.89. The van der Waals surface area contributed by atoms with E-state index in [-0.39, 0.29) is 12.1 Å². The smallest absolute Gasteiger partial charge is 0.411 e. The minimum absolute atomic E-state index is 0.206. The van der Waals surface area contributed by atoms with Crippen LogP contribution in [0.25, 0.3) is 11.3 Å². The third-order valence-electron chi connectivity index (χ3n) is 6.26. The predicted octanol–water partition coefficient (Wildman–Crippen LogP) is 2.24. The molecule has 3 N–H and O–H groups in total. The van der Waals surface area contributed by atoms with E-state index in [0.717, 1.165) is 44.7 Å². The highest BCUT2D eigenvalue weighted by Gasteiger charge is 2.13. The molecule has 0 unspecified atom stereocenters. The van der Waals surface area contributed by atoms with Crippen molar-refractivity contribution in [3.05, 3.63) is 82.1 Å². The van der Waals surface area contributed by atoms with Crippen molar-refractivity contribution in [3.8, 4) is 11.3 Å². The number of piperazine rings is 1.